The van der Waals surface area contributed by atoms with Crippen molar-refractivity contribution in [3.8, 4) is 11.4 Å². The van der Waals surface area contributed by atoms with Crippen LogP contribution in [0, 0.1) is 5.82 Å². The third-order valence-electron chi connectivity index (χ3n) is 1.95. The number of halogens is 1. The molecule has 0 bridgehead atoms. The maximum absolute atomic E-state index is 12.6. The number of aldehydes is 1. The van der Waals surface area contributed by atoms with Crippen LogP contribution in [0.3, 0.4) is 0 Å². The molecule has 15 heavy (non-hydrogen) atoms. The van der Waals surface area contributed by atoms with Crippen LogP contribution in [-0.2, 0) is 0 Å². The molecule has 0 aliphatic carbocycles. The van der Waals surface area contributed by atoms with Gasteiger partial charge in [0.1, 0.15) is 0 Å². The molecule has 0 radical (unpaired) electrons. The van der Waals surface area contributed by atoms with Crippen molar-refractivity contribution in [3.05, 3.63) is 48.0 Å². The van der Waals surface area contributed by atoms with Crippen molar-refractivity contribution in [1.29, 1.82) is 0 Å². The normalized spacial score (nSPS) is 9.93. The Balaban J connectivity index is 2.53. The number of hydrogen-bond donors (Lipinski definition) is 0. The van der Waals surface area contributed by atoms with Gasteiger partial charge in [-0.25, -0.2) is 14.4 Å². The lowest BCUT2D eigenvalue weighted by Gasteiger charge is -2.01. The Hall–Kier alpha value is -2.10. The minimum Gasteiger partial charge on any atom is -0.298 e. The van der Waals surface area contributed by atoms with E-state index in [1.165, 1.54) is 0 Å². The van der Waals surface area contributed by atoms with Crippen LogP contribution in [0.15, 0.2) is 36.7 Å². The summed E-state index contributed by atoms with van der Waals surface area (Å²) in [5, 5.41) is 0. The predicted molar refractivity (Wildman–Crippen MR) is 52.8 cm³/mol. The van der Waals surface area contributed by atoms with Crippen molar-refractivity contribution in [2.24, 2.45) is 0 Å². The molecule has 1 aromatic carbocycles. The summed E-state index contributed by atoms with van der Waals surface area (Å²) >= 11 is 0. The van der Waals surface area contributed by atoms with Crippen molar-refractivity contribution in [1.82, 2.24) is 9.97 Å². The third kappa shape index (κ3) is 1.88. The summed E-state index contributed by atoms with van der Waals surface area (Å²) in [6.07, 6.45) is 2.87. The number of nitrogens with zero attached hydrogens (tertiary/aromatic N) is 2. The van der Waals surface area contributed by atoms with E-state index in [0.29, 0.717) is 17.0 Å². The fraction of sp³-hybridized carbons (Fsp3) is 0. The van der Waals surface area contributed by atoms with E-state index in [4.69, 9.17) is 0 Å². The van der Waals surface area contributed by atoms with Gasteiger partial charge in [0.05, 0.1) is 12.4 Å². The Bertz CT molecular complexity index is 482. The van der Waals surface area contributed by atoms with Gasteiger partial charge in [0, 0.05) is 11.1 Å². The average molecular weight is 202 g/mol. The molecule has 1 aromatic heterocycles. The Morgan fingerprint density at radius 3 is 2.47 bits per heavy atom. The molecular formula is C11H7FN2O. The van der Waals surface area contributed by atoms with E-state index in [2.05, 4.69) is 9.97 Å². The second kappa shape index (κ2) is 3.96. The molecule has 0 aliphatic rings. The summed E-state index contributed by atoms with van der Waals surface area (Å²) in [5.74, 6) is -0.151. The molecule has 2 rings (SSSR count). The molecule has 74 valence electrons. The van der Waals surface area contributed by atoms with Crippen LogP contribution in [0.5, 0.6) is 0 Å². The zero-order chi connectivity index (χ0) is 10.7. The number of rotatable bonds is 2. The molecule has 2 aromatic rings. The number of carbonyl (C=O) groups excluding carboxylic acids is 1. The molecule has 0 saturated heterocycles. The summed E-state index contributed by atoms with van der Waals surface area (Å²) in [4.78, 5) is 18.4. The SMILES string of the molecule is O=Cc1ccccc1-c1ncc(F)cn1. The number of carbonyl (C=O) groups is 1. The topological polar surface area (TPSA) is 42.9 Å². The van der Waals surface area contributed by atoms with Crippen LogP contribution in [0.2, 0.25) is 0 Å². The van der Waals surface area contributed by atoms with E-state index in [9.17, 15) is 9.18 Å². The highest BCUT2D eigenvalue weighted by molar-refractivity contribution is 5.85. The van der Waals surface area contributed by atoms with Crippen molar-refractivity contribution in [3.63, 3.8) is 0 Å². The maximum Gasteiger partial charge on any atom is 0.160 e. The minimum absolute atomic E-state index is 0.346. The molecule has 0 unspecified atom stereocenters. The van der Waals surface area contributed by atoms with Gasteiger partial charge in [-0.3, -0.25) is 4.79 Å². The molecule has 0 aliphatic heterocycles. The summed E-state index contributed by atoms with van der Waals surface area (Å²) in [6, 6.07) is 6.90. The number of hydrogen-bond acceptors (Lipinski definition) is 3. The minimum atomic E-state index is -0.498. The standard InChI is InChI=1S/C11H7FN2O/c12-9-5-13-11(14-6-9)10-4-2-1-3-8(10)7-15/h1-7H. The van der Waals surface area contributed by atoms with E-state index in [-0.39, 0.29) is 0 Å². The lowest BCUT2D eigenvalue weighted by atomic mass is 10.1. The quantitative estimate of drug-likeness (QED) is 0.700. The lowest BCUT2D eigenvalue weighted by Crippen LogP contribution is -1.93. The first-order chi connectivity index (χ1) is 7.31. The van der Waals surface area contributed by atoms with Gasteiger partial charge >= 0.3 is 0 Å². The molecule has 0 saturated carbocycles. The van der Waals surface area contributed by atoms with Gasteiger partial charge in [0.25, 0.3) is 0 Å². The molecule has 0 atom stereocenters. The summed E-state index contributed by atoms with van der Waals surface area (Å²) in [5.41, 5.74) is 1.09. The van der Waals surface area contributed by atoms with Gasteiger partial charge in [-0.2, -0.15) is 0 Å². The maximum atomic E-state index is 12.6. The van der Waals surface area contributed by atoms with E-state index in [1.54, 1.807) is 24.3 Å². The Labute approximate surface area is 85.6 Å². The first-order valence-electron chi connectivity index (χ1n) is 4.33. The summed E-state index contributed by atoms with van der Waals surface area (Å²) < 4.78 is 12.6. The first-order valence-corrected chi connectivity index (χ1v) is 4.33. The Morgan fingerprint density at radius 1 is 1.13 bits per heavy atom. The Morgan fingerprint density at radius 2 is 1.80 bits per heavy atom. The monoisotopic (exact) mass is 202 g/mol. The number of benzene rings is 1. The van der Waals surface area contributed by atoms with Crippen LogP contribution in [0.4, 0.5) is 4.39 Å². The van der Waals surface area contributed by atoms with E-state index >= 15 is 0 Å². The van der Waals surface area contributed by atoms with Gasteiger partial charge in [-0.1, -0.05) is 24.3 Å². The van der Waals surface area contributed by atoms with Gasteiger partial charge in [0.15, 0.2) is 17.9 Å². The van der Waals surface area contributed by atoms with Crippen LogP contribution in [-0.4, -0.2) is 16.3 Å². The summed E-state index contributed by atoms with van der Waals surface area (Å²) in [6.45, 7) is 0. The smallest absolute Gasteiger partial charge is 0.160 e. The highest BCUT2D eigenvalue weighted by Crippen LogP contribution is 2.17. The number of aromatic nitrogens is 2. The van der Waals surface area contributed by atoms with Gasteiger partial charge < -0.3 is 0 Å². The molecule has 3 nitrogen and oxygen atoms in total. The largest absolute Gasteiger partial charge is 0.298 e. The second-order valence-electron chi connectivity index (χ2n) is 2.93. The highest BCUT2D eigenvalue weighted by Gasteiger charge is 2.05. The highest BCUT2D eigenvalue weighted by atomic mass is 19.1. The Kier molecular flexibility index (Phi) is 2.49. The predicted octanol–water partition coefficient (Wildman–Crippen LogP) is 2.10. The fourth-order valence-corrected chi connectivity index (χ4v) is 1.25. The summed E-state index contributed by atoms with van der Waals surface area (Å²) in [7, 11) is 0. The van der Waals surface area contributed by atoms with Crippen LogP contribution >= 0.6 is 0 Å². The zero-order valence-corrected chi connectivity index (χ0v) is 7.72. The molecule has 0 amide bonds. The zero-order valence-electron chi connectivity index (χ0n) is 7.72. The van der Waals surface area contributed by atoms with Crippen molar-refractivity contribution in [2.45, 2.75) is 0 Å². The molecule has 1 heterocycles. The van der Waals surface area contributed by atoms with Crippen LogP contribution < -0.4 is 0 Å². The first kappa shape index (κ1) is 9.45. The van der Waals surface area contributed by atoms with Gasteiger partial charge in [0.2, 0.25) is 0 Å². The molecule has 0 fully saturated rings. The second-order valence-corrected chi connectivity index (χ2v) is 2.93. The van der Waals surface area contributed by atoms with Crippen molar-refractivity contribution < 1.29 is 9.18 Å². The molecule has 0 spiro atoms. The van der Waals surface area contributed by atoms with E-state index in [1.807, 2.05) is 0 Å². The molecule has 4 heteroatoms. The third-order valence-corrected chi connectivity index (χ3v) is 1.95. The van der Waals surface area contributed by atoms with Crippen molar-refractivity contribution in [2.75, 3.05) is 0 Å². The van der Waals surface area contributed by atoms with Gasteiger partial charge in [-0.05, 0) is 0 Å². The average Bonchev–Trinajstić information content (AvgIpc) is 2.30. The fourth-order valence-electron chi connectivity index (χ4n) is 1.25. The van der Waals surface area contributed by atoms with E-state index in [0.717, 1.165) is 18.7 Å². The molecule has 0 N–H and O–H groups in total. The van der Waals surface area contributed by atoms with Crippen molar-refractivity contribution >= 4 is 6.29 Å². The van der Waals surface area contributed by atoms with Crippen LogP contribution in [0.25, 0.3) is 11.4 Å². The van der Waals surface area contributed by atoms with Gasteiger partial charge in [-0.15, -0.1) is 0 Å². The van der Waals surface area contributed by atoms with E-state index < -0.39 is 5.82 Å². The lowest BCUT2D eigenvalue weighted by molar-refractivity contribution is 0.112. The molecular weight excluding hydrogens is 195 g/mol. The van der Waals surface area contributed by atoms with Crippen LogP contribution in [0.1, 0.15) is 10.4 Å².